The highest BCUT2D eigenvalue weighted by atomic mass is 16.3. The van der Waals surface area contributed by atoms with Crippen molar-refractivity contribution in [1.29, 1.82) is 0 Å². The number of aliphatic hydroxyl groups is 1. The molecule has 1 aliphatic heterocycles. The molecular weight excluding hydrogens is 350 g/mol. The van der Waals surface area contributed by atoms with Crippen molar-refractivity contribution < 1.29 is 9.90 Å². The molecule has 5 heteroatoms. The fourth-order valence-corrected chi connectivity index (χ4v) is 3.71. The van der Waals surface area contributed by atoms with Gasteiger partial charge in [-0.1, -0.05) is 36.4 Å². The molecule has 1 fully saturated rings. The quantitative estimate of drug-likeness (QED) is 0.707. The van der Waals surface area contributed by atoms with Crippen LogP contribution in [0.1, 0.15) is 41.3 Å². The number of carbonyl (C=O) groups is 1. The maximum Gasteiger partial charge on any atom is 0.257 e. The van der Waals surface area contributed by atoms with Crippen LogP contribution >= 0.6 is 0 Å². The van der Waals surface area contributed by atoms with Crippen LogP contribution < -0.4 is 5.32 Å². The van der Waals surface area contributed by atoms with E-state index in [1.54, 1.807) is 18.3 Å². The number of nitrogens with zero attached hydrogens (tertiary/aromatic N) is 2. The Labute approximate surface area is 165 Å². The normalized spacial score (nSPS) is 15.4. The lowest BCUT2D eigenvalue weighted by Crippen LogP contribution is -2.36. The van der Waals surface area contributed by atoms with Crippen LogP contribution in [0.4, 0.5) is 5.82 Å². The number of piperidine rings is 1. The first-order valence-corrected chi connectivity index (χ1v) is 9.87. The molecule has 1 unspecified atom stereocenters. The maximum absolute atomic E-state index is 12.9. The number of benzene rings is 2. The molecule has 0 radical (unpaired) electrons. The van der Waals surface area contributed by atoms with Gasteiger partial charge in [-0.2, -0.15) is 0 Å². The lowest BCUT2D eigenvalue weighted by Gasteiger charge is -2.27. The Balaban J connectivity index is 1.47. The van der Waals surface area contributed by atoms with Gasteiger partial charge < -0.3 is 15.3 Å². The molecule has 0 bridgehead atoms. The third-order valence-electron chi connectivity index (χ3n) is 5.30. The van der Waals surface area contributed by atoms with Crippen LogP contribution in [0.25, 0.3) is 10.8 Å². The van der Waals surface area contributed by atoms with Crippen molar-refractivity contribution in [2.24, 2.45) is 0 Å². The number of hydrogen-bond acceptors (Lipinski definition) is 4. The number of amides is 1. The number of nitrogens with one attached hydrogen (secondary N) is 1. The molecule has 5 nitrogen and oxygen atoms in total. The fourth-order valence-electron chi connectivity index (χ4n) is 3.71. The van der Waals surface area contributed by atoms with Gasteiger partial charge in [0.2, 0.25) is 0 Å². The van der Waals surface area contributed by atoms with Gasteiger partial charge in [-0.25, -0.2) is 4.98 Å². The first-order chi connectivity index (χ1) is 13.7. The van der Waals surface area contributed by atoms with Crippen LogP contribution in [0.2, 0.25) is 0 Å². The van der Waals surface area contributed by atoms with E-state index in [4.69, 9.17) is 0 Å². The predicted octanol–water partition coefficient (Wildman–Crippen LogP) is 4.01. The Kier molecular flexibility index (Phi) is 5.53. The van der Waals surface area contributed by atoms with Gasteiger partial charge in [0.15, 0.2) is 0 Å². The Morgan fingerprint density at radius 3 is 2.64 bits per heavy atom. The van der Waals surface area contributed by atoms with Crippen molar-refractivity contribution in [1.82, 2.24) is 9.88 Å². The Morgan fingerprint density at radius 1 is 1.04 bits per heavy atom. The van der Waals surface area contributed by atoms with Crippen molar-refractivity contribution >= 4 is 22.5 Å². The number of carbonyl (C=O) groups excluding carboxylic acids is 1. The highest BCUT2D eigenvalue weighted by molar-refractivity contribution is 5.98. The van der Waals surface area contributed by atoms with Gasteiger partial charge in [-0.15, -0.1) is 0 Å². The fraction of sp³-hybridized carbons (Fsp3) is 0.304. The van der Waals surface area contributed by atoms with E-state index in [1.807, 2.05) is 41.3 Å². The zero-order valence-electron chi connectivity index (χ0n) is 15.8. The molecule has 28 heavy (non-hydrogen) atoms. The van der Waals surface area contributed by atoms with Crippen molar-refractivity contribution in [3.63, 3.8) is 0 Å². The van der Waals surface area contributed by atoms with E-state index in [1.165, 1.54) is 6.42 Å². The Morgan fingerprint density at radius 2 is 1.82 bits per heavy atom. The predicted molar refractivity (Wildman–Crippen MR) is 111 cm³/mol. The maximum atomic E-state index is 12.9. The molecule has 1 atom stereocenters. The molecule has 0 saturated carbocycles. The second-order valence-corrected chi connectivity index (χ2v) is 7.26. The third kappa shape index (κ3) is 3.99. The van der Waals surface area contributed by atoms with E-state index >= 15 is 0 Å². The Hall–Kier alpha value is -2.92. The van der Waals surface area contributed by atoms with Crippen LogP contribution in [0.5, 0.6) is 0 Å². The second kappa shape index (κ2) is 8.40. The summed E-state index contributed by atoms with van der Waals surface area (Å²) in [7, 11) is 0. The van der Waals surface area contributed by atoms with Gasteiger partial charge in [0.25, 0.3) is 5.91 Å². The summed E-state index contributed by atoms with van der Waals surface area (Å²) in [6, 6.07) is 17.6. The van der Waals surface area contributed by atoms with E-state index in [2.05, 4.69) is 16.4 Å². The largest absolute Gasteiger partial charge is 0.387 e. The first-order valence-electron chi connectivity index (χ1n) is 9.87. The summed E-state index contributed by atoms with van der Waals surface area (Å²) in [5, 5.41) is 16.0. The topological polar surface area (TPSA) is 65.5 Å². The molecule has 1 amide bonds. The second-order valence-electron chi connectivity index (χ2n) is 7.26. The molecule has 1 aliphatic rings. The zero-order valence-corrected chi connectivity index (χ0v) is 15.8. The molecule has 2 aromatic carbocycles. The minimum Gasteiger partial charge on any atom is -0.387 e. The summed E-state index contributed by atoms with van der Waals surface area (Å²) < 4.78 is 0. The van der Waals surface area contributed by atoms with Crippen LogP contribution in [0, 0.1) is 0 Å². The average molecular weight is 375 g/mol. The van der Waals surface area contributed by atoms with Crippen LogP contribution in [0.15, 0.2) is 60.8 Å². The van der Waals surface area contributed by atoms with Gasteiger partial charge in [0.05, 0.1) is 11.7 Å². The molecule has 0 aliphatic carbocycles. The van der Waals surface area contributed by atoms with Crippen molar-refractivity contribution in [2.75, 3.05) is 25.0 Å². The zero-order chi connectivity index (χ0) is 19.3. The molecule has 144 valence electrons. The summed E-state index contributed by atoms with van der Waals surface area (Å²) in [5.41, 5.74) is 1.40. The SMILES string of the molecule is O=C(c1cccnc1NCC(O)c1ccc2ccccc2c1)N1CCCCC1. The van der Waals surface area contributed by atoms with Crippen molar-refractivity contribution in [3.05, 3.63) is 71.9 Å². The number of rotatable bonds is 5. The smallest absolute Gasteiger partial charge is 0.257 e. The highest BCUT2D eigenvalue weighted by Gasteiger charge is 2.21. The number of likely N-dealkylation sites (tertiary alicyclic amines) is 1. The number of hydrogen-bond donors (Lipinski definition) is 2. The van der Waals surface area contributed by atoms with Crippen molar-refractivity contribution in [3.8, 4) is 0 Å². The molecule has 1 aromatic heterocycles. The summed E-state index contributed by atoms with van der Waals surface area (Å²) in [4.78, 5) is 19.1. The minimum absolute atomic E-state index is 0.00972. The van der Waals surface area contributed by atoms with Crippen LogP contribution in [-0.4, -0.2) is 40.5 Å². The number of pyridine rings is 1. The minimum atomic E-state index is -0.690. The van der Waals surface area contributed by atoms with E-state index in [-0.39, 0.29) is 12.5 Å². The molecule has 4 rings (SSSR count). The average Bonchev–Trinajstić information content (AvgIpc) is 2.77. The summed E-state index contributed by atoms with van der Waals surface area (Å²) in [5.74, 6) is 0.536. The van der Waals surface area contributed by atoms with E-state index in [0.29, 0.717) is 11.4 Å². The molecule has 1 saturated heterocycles. The number of aromatic nitrogens is 1. The van der Waals surface area contributed by atoms with Gasteiger partial charge in [-0.05, 0) is 53.8 Å². The highest BCUT2D eigenvalue weighted by Crippen LogP contribution is 2.22. The van der Waals surface area contributed by atoms with Gasteiger partial charge in [-0.3, -0.25) is 4.79 Å². The summed E-state index contributed by atoms with van der Waals surface area (Å²) in [6.07, 6.45) is 4.26. The monoisotopic (exact) mass is 375 g/mol. The third-order valence-corrected chi connectivity index (χ3v) is 5.30. The lowest BCUT2D eigenvalue weighted by molar-refractivity contribution is 0.0724. The molecule has 3 aromatic rings. The van der Waals surface area contributed by atoms with Gasteiger partial charge >= 0.3 is 0 Å². The van der Waals surface area contributed by atoms with Crippen LogP contribution in [0.3, 0.4) is 0 Å². The first kappa shape index (κ1) is 18.4. The van der Waals surface area contributed by atoms with Gasteiger partial charge in [0, 0.05) is 25.8 Å². The number of aliphatic hydroxyl groups excluding tert-OH is 1. The lowest BCUT2D eigenvalue weighted by atomic mass is 10.0. The summed E-state index contributed by atoms with van der Waals surface area (Å²) >= 11 is 0. The molecule has 0 spiro atoms. The van der Waals surface area contributed by atoms with E-state index in [9.17, 15) is 9.90 Å². The van der Waals surface area contributed by atoms with Crippen molar-refractivity contribution in [2.45, 2.75) is 25.4 Å². The Bertz CT molecular complexity index is 967. The molecule has 2 heterocycles. The van der Waals surface area contributed by atoms with E-state index in [0.717, 1.165) is 42.3 Å². The standard InChI is InChI=1S/C23H25N3O2/c27-21(19-11-10-17-7-2-3-8-18(17)15-19)16-25-22-20(9-6-12-24-22)23(28)26-13-4-1-5-14-26/h2-3,6-12,15,21,27H,1,4-5,13-14,16H2,(H,24,25). The van der Waals surface area contributed by atoms with Crippen LogP contribution in [-0.2, 0) is 0 Å². The number of fused-ring (bicyclic) bond motifs is 1. The van der Waals surface area contributed by atoms with Gasteiger partial charge in [0.1, 0.15) is 5.82 Å². The van der Waals surface area contributed by atoms with E-state index < -0.39 is 6.10 Å². The molecule has 2 N–H and O–H groups in total. The summed E-state index contributed by atoms with van der Waals surface area (Å²) in [6.45, 7) is 1.88. The molecular formula is C23H25N3O2. The number of anilines is 1.